The zero-order valence-electron chi connectivity index (χ0n) is 36.9. The van der Waals surface area contributed by atoms with Crippen LogP contribution >= 0.6 is 0 Å². The third-order valence-corrected chi connectivity index (χ3v) is 11.8. The molecule has 342 valence electrons. The molecule has 2 fully saturated rings. The fourth-order valence-corrected chi connectivity index (χ4v) is 8.05. The zero-order valence-corrected chi connectivity index (χ0v) is 36.9. The molecule has 0 spiro atoms. The van der Waals surface area contributed by atoms with Crippen molar-refractivity contribution in [3.63, 3.8) is 0 Å². The average molecular weight is 831 g/mol. The van der Waals surface area contributed by atoms with Crippen LogP contribution in [0.2, 0.25) is 0 Å². The number of hydrogen-bond donors (Lipinski definition) is 7. The fraction of sp³-hybridized carbons (Fsp3) is 0.956. The Morgan fingerprint density at radius 3 is 1.79 bits per heavy atom. The van der Waals surface area contributed by atoms with Crippen molar-refractivity contribution in [2.45, 2.75) is 243 Å². The van der Waals surface area contributed by atoms with E-state index in [9.17, 15) is 40.2 Å². The van der Waals surface area contributed by atoms with Crippen LogP contribution in [0.15, 0.2) is 0 Å². The van der Waals surface area contributed by atoms with Crippen LogP contribution in [-0.2, 0) is 19.0 Å². The summed E-state index contributed by atoms with van der Waals surface area (Å²) in [5.41, 5.74) is -0.465. The number of ether oxygens (including phenoxy) is 3. The first kappa shape index (κ1) is 52.6. The summed E-state index contributed by atoms with van der Waals surface area (Å²) in [6.07, 6.45) is 16.6. The largest absolute Gasteiger partial charge is 0.444 e. The van der Waals surface area contributed by atoms with Crippen LogP contribution in [0.5, 0.6) is 0 Å². The van der Waals surface area contributed by atoms with Gasteiger partial charge in [-0.25, -0.2) is 4.79 Å². The van der Waals surface area contributed by atoms with Crippen LogP contribution < -0.4 is 5.32 Å². The molecule has 2 aliphatic rings. The van der Waals surface area contributed by atoms with Crippen LogP contribution in [0.3, 0.4) is 0 Å². The number of carbonyl (C=O) groups excluding carboxylic acids is 2. The molecule has 0 aromatic heterocycles. The van der Waals surface area contributed by atoms with Crippen LogP contribution in [-0.4, -0.2) is 128 Å². The van der Waals surface area contributed by atoms with Gasteiger partial charge in [-0.3, -0.25) is 4.79 Å². The van der Waals surface area contributed by atoms with E-state index in [0.717, 1.165) is 77.3 Å². The fourth-order valence-electron chi connectivity index (χ4n) is 8.05. The predicted octanol–water partition coefficient (Wildman–Crippen LogP) is 6.65. The molecule has 2 rings (SSSR count). The van der Waals surface area contributed by atoms with E-state index in [1.165, 1.54) is 77.0 Å². The number of likely N-dealkylation sites (tertiary alicyclic amines) is 1. The highest BCUT2D eigenvalue weighted by Crippen LogP contribution is 2.26. The first-order chi connectivity index (χ1) is 27.8. The van der Waals surface area contributed by atoms with E-state index in [0.29, 0.717) is 18.8 Å². The molecular weight excluding hydrogens is 744 g/mol. The molecule has 0 radical (unpaired) electrons. The quantitative estimate of drug-likeness (QED) is 0.0370. The summed E-state index contributed by atoms with van der Waals surface area (Å²) >= 11 is 0. The number of nitrogens with one attached hydrogen (secondary N) is 1. The molecule has 58 heavy (non-hydrogen) atoms. The molecule has 8 atom stereocenters. The summed E-state index contributed by atoms with van der Waals surface area (Å²) in [5, 5.41) is 65.2. The van der Waals surface area contributed by atoms with Crippen LogP contribution in [0, 0.1) is 5.92 Å². The van der Waals surface area contributed by atoms with E-state index in [1.807, 2.05) is 25.7 Å². The molecule has 2 saturated heterocycles. The van der Waals surface area contributed by atoms with E-state index in [-0.39, 0.29) is 25.0 Å². The molecule has 0 unspecified atom stereocenters. The molecule has 2 amide bonds. The molecule has 0 aromatic carbocycles. The van der Waals surface area contributed by atoms with E-state index >= 15 is 0 Å². The van der Waals surface area contributed by atoms with Gasteiger partial charge in [0.15, 0.2) is 6.29 Å². The summed E-state index contributed by atoms with van der Waals surface area (Å²) < 4.78 is 16.7. The summed E-state index contributed by atoms with van der Waals surface area (Å²) in [5.74, 6) is 0.392. The van der Waals surface area contributed by atoms with Gasteiger partial charge in [0.1, 0.15) is 36.1 Å². The van der Waals surface area contributed by atoms with Gasteiger partial charge >= 0.3 is 6.09 Å². The van der Waals surface area contributed by atoms with Gasteiger partial charge in [0.05, 0.1) is 25.4 Å². The molecule has 7 N–H and O–H groups in total. The van der Waals surface area contributed by atoms with Crippen LogP contribution in [0.25, 0.3) is 0 Å². The Morgan fingerprint density at radius 1 is 0.741 bits per heavy atom. The van der Waals surface area contributed by atoms with E-state index < -0.39 is 61.2 Å². The lowest BCUT2D eigenvalue weighted by Crippen LogP contribution is -2.60. The van der Waals surface area contributed by atoms with Gasteiger partial charge in [0, 0.05) is 19.5 Å². The first-order valence-corrected chi connectivity index (χ1v) is 23.3. The Balaban J connectivity index is 1.67. The number of nitrogens with zero attached hydrogens (tertiary/aromatic N) is 1. The zero-order chi connectivity index (χ0) is 42.8. The third kappa shape index (κ3) is 22.3. The van der Waals surface area contributed by atoms with Gasteiger partial charge in [0.25, 0.3) is 0 Å². The van der Waals surface area contributed by atoms with E-state index in [1.54, 1.807) is 0 Å². The lowest BCUT2D eigenvalue weighted by atomic mass is 9.91. The Morgan fingerprint density at radius 2 is 1.26 bits per heavy atom. The topological polar surface area (TPSA) is 198 Å². The molecule has 0 aliphatic carbocycles. The van der Waals surface area contributed by atoms with Gasteiger partial charge in [-0.05, 0) is 52.4 Å². The highest BCUT2D eigenvalue weighted by molar-refractivity contribution is 5.76. The van der Waals surface area contributed by atoms with Crippen molar-refractivity contribution in [2.24, 2.45) is 5.92 Å². The second-order valence-electron chi connectivity index (χ2n) is 18.2. The van der Waals surface area contributed by atoms with Crippen molar-refractivity contribution < 1.29 is 54.4 Å². The molecule has 2 heterocycles. The normalized spacial score (nSPS) is 23.4. The highest BCUT2D eigenvalue weighted by atomic mass is 16.7. The molecule has 0 saturated carbocycles. The summed E-state index contributed by atoms with van der Waals surface area (Å²) in [6.45, 7) is 8.54. The summed E-state index contributed by atoms with van der Waals surface area (Å²) in [4.78, 5) is 27.2. The number of hydrogen-bond acceptors (Lipinski definition) is 11. The number of rotatable bonds is 31. The minimum atomic E-state index is -1.62. The van der Waals surface area contributed by atoms with Crippen molar-refractivity contribution in [3.8, 4) is 0 Å². The maximum Gasteiger partial charge on any atom is 0.410 e. The van der Waals surface area contributed by atoms with E-state index in [2.05, 4.69) is 12.2 Å². The summed E-state index contributed by atoms with van der Waals surface area (Å²) in [7, 11) is 0. The monoisotopic (exact) mass is 831 g/mol. The van der Waals surface area contributed by atoms with Gasteiger partial charge in [-0.15, -0.1) is 0 Å². The smallest absolute Gasteiger partial charge is 0.410 e. The van der Waals surface area contributed by atoms with Gasteiger partial charge in [-0.1, -0.05) is 135 Å². The van der Waals surface area contributed by atoms with Crippen molar-refractivity contribution in [2.75, 3.05) is 26.3 Å². The SMILES string of the molecule is CCCCCCCCCCCCCC[C@@H](O)[C@@H](O)[C@H](CO[C@H]1O[C@H](CO)[C@H](O)[C@H](O)[C@H]1O)NC(=O)CCCCCCCCCCC1CCN(C(=O)OC(C)(C)C)CC1. The van der Waals surface area contributed by atoms with Crippen molar-refractivity contribution in [3.05, 3.63) is 0 Å². The van der Waals surface area contributed by atoms with Crippen LogP contribution in [0.1, 0.15) is 188 Å². The Hall–Kier alpha value is -1.58. The third-order valence-electron chi connectivity index (χ3n) is 11.8. The molecule has 0 bridgehead atoms. The summed E-state index contributed by atoms with van der Waals surface area (Å²) in [6, 6.07) is -1.01. The molecule has 13 heteroatoms. The Kier molecular flexibility index (Phi) is 27.6. The number of piperidine rings is 1. The first-order valence-electron chi connectivity index (χ1n) is 23.3. The van der Waals surface area contributed by atoms with Crippen molar-refractivity contribution >= 4 is 12.0 Å². The maximum absolute atomic E-state index is 13.0. The van der Waals surface area contributed by atoms with Crippen LogP contribution in [0.4, 0.5) is 4.79 Å². The number of unbranched alkanes of at least 4 members (excludes halogenated alkanes) is 18. The molecule has 0 aromatic rings. The number of aliphatic hydroxyl groups excluding tert-OH is 6. The maximum atomic E-state index is 13.0. The van der Waals surface area contributed by atoms with Crippen molar-refractivity contribution in [1.82, 2.24) is 10.2 Å². The Bertz CT molecular complexity index is 1050. The van der Waals surface area contributed by atoms with E-state index in [4.69, 9.17) is 14.2 Å². The minimum Gasteiger partial charge on any atom is -0.444 e. The highest BCUT2D eigenvalue weighted by Gasteiger charge is 2.44. The van der Waals surface area contributed by atoms with Gasteiger partial charge in [0.2, 0.25) is 5.91 Å². The Labute approximate surface area is 351 Å². The lowest BCUT2D eigenvalue weighted by Gasteiger charge is -2.40. The molecule has 2 aliphatic heterocycles. The standard InChI is InChI=1S/C45H86N2O11/c1-5-6-7-8-9-10-11-12-13-17-20-23-26-36(49)39(51)35(33-56-43-42(54)41(53)40(52)37(32-48)57-43)46-38(50)27-24-21-18-15-14-16-19-22-25-34-28-30-47(31-29-34)44(55)58-45(2,3)4/h34-37,39-43,48-49,51-54H,5-33H2,1-4H3,(H,46,50)/t35-,36+,37+,39-,40-,41-,42+,43-/m0/s1. The number of aliphatic hydroxyl groups is 6. The molecule has 13 nitrogen and oxygen atoms in total. The van der Waals surface area contributed by atoms with Gasteiger partial charge in [-0.2, -0.15) is 0 Å². The molecular formula is C45H86N2O11. The lowest BCUT2D eigenvalue weighted by molar-refractivity contribution is -0.303. The van der Waals surface area contributed by atoms with Crippen molar-refractivity contribution in [1.29, 1.82) is 0 Å². The predicted molar refractivity (Wildman–Crippen MR) is 226 cm³/mol. The second kappa shape index (κ2) is 30.4. The number of carbonyl (C=O) groups is 2. The second-order valence-corrected chi connectivity index (χ2v) is 18.2. The van der Waals surface area contributed by atoms with Gasteiger partial charge < -0.3 is 55.1 Å². The number of amides is 2. The minimum absolute atomic E-state index is 0.204. The average Bonchev–Trinajstić information content (AvgIpc) is 3.19.